The first kappa shape index (κ1) is 21.3. The monoisotopic (exact) mass is 479 g/mol. The van der Waals surface area contributed by atoms with Crippen LogP contribution in [0.15, 0.2) is 78.8 Å². The van der Waals surface area contributed by atoms with Crippen molar-refractivity contribution in [3.63, 3.8) is 0 Å². The van der Waals surface area contributed by atoms with Crippen molar-refractivity contribution in [2.45, 2.75) is 5.66 Å². The smallest absolute Gasteiger partial charge is 0.283 e. The molecule has 0 bridgehead atoms. The number of amides is 1. The highest BCUT2D eigenvalue weighted by atomic mass is 32.1. The fraction of sp³-hybridized carbons (Fsp3) is 0.0435. The number of nitrogens with zero attached hydrogens (tertiary/aromatic N) is 4. The Balaban J connectivity index is 1.36. The van der Waals surface area contributed by atoms with Crippen molar-refractivity contribution in [1.29, 1.82) is 0 Å². The zero-order valence-corrected chi connectivity index (χ0v) is 18.9. The van der Waals surface area contributed by atoms with Crippen molar-refractivity contribution < 1.29 is 13.6 Å². The minimum atomic E-state index is -3.01. The van der Waals surface area contributed by atoms with Gasteiger partial charge < -0.3 is 5.32 Å². The molecule has 10 heteroatoms. The quantitative estimate of drug-likeness (QED) is 0.329. The van der Waals surface area contributed by atoms with Gasteiger partial charge in [0.1, 0.15) is 0 Å². The van der Waals surface area contributed by atoms with E-state index in [1.807, 2.05) is 23.7 Å². The van der Waals surface area contributed by atoms with Crippen LogP contribution < -0.4 is 5.32 Å². The molecule has 1 aromatic carbocycles. The minimum Gasteiger partial charge on any atom is -0.321 e. The molecule has 33 heavy (non-hydrogen) atoms. The molecule has 5 aromatic rings. The van der Waals surface area contributed by atoms with Crippen LogP contribution in [0.2, 0.25) is 0 Å². The van der Waals surface area contributed by atoms with Gasteiger partial charge in [-0.25, -0.2) is 9.50 Å². The average molecular weight is 479 g/mol. The van der Waals surface area contributed by atoms with E-state index in [2.05, 4.69) is 20.4 Å². The summed E-state index contributed by atoms with van der Waals surface area (Å²) < 4.78 is 28.4. The molecule has 0 fully saturated rings. The van der Waals surface area contributed by atoms with Crippen LogP contribution in [0.25, 0.3) is 27.9 Å². The summed E-state index contributed by atoms with van der Waals surface area (Å²) in [5.74, 6) is -0.320. The van der Waals surface area contributed by atoms with Crippen LogP contribution in [0, 0.1) is 0 Å². The zero-order valence-electron chi connectivity index (χ0n) is 16.9. The summed E-state index contributed by atoms with van der Waals surface area (Å²) in [6.45, 7) is 0. The molecule has 0 saturated carbocycles. The Hall–Kier alpha value is -3.55. The lowest BCUT2D eigenvalue weighted by Crippen LogP contribution is -2.10. The van der Waals surface area contributed by atoms with E-state index in [1.165, 1.54) is 44.8 Å². The third kappa shape index (κ3) is 4.37. The summed E-state index contributed by atoms with van der Waals surface area (Å²) >= 11 is 1.28. The van der Waals surface area contributed by atoms with E-state index >= 15 is 0 Å². The van der Waals surface area contributed by atoms with E-state index in [9.17, 15) is 13.6 Å². The molecule has 1 N–H and O–H groups in total. The van der Waals surface area contributed by atoms with E-state index in [4.69, 9.17) is 0 Å². The van der Waals surface area contributed by atoms with Gasteiger partial charge in [-0.3, -0.25) is 9.78 Å². The Morgan fingerprint density at radius 1 is 1.06 bits per heavy atom. The van der Waals surface area contributed by atoms with E-state index in [0.717, 1.165) is 22.3 Å². The second-order valence-corrected chi connectivity index (χ2v) is 8.90. The lowest BCUT2D eigenvalue weighted by molar-refractivity contribution is 0.103. The summed E-state index contributed by atoms with van der Waals surface area (Å²) in [4.78, 5) is 21.8. The van der Waals surface area contributed by atoms with Crippen molar-refractivity contribution in [2.75, 3.05) is 5.32 Å². The summed E-state index contributed by atoms with van der Waals surface area (Å²) in [5, 5.41) is 9.00. The number of nitrogens with one attached hydrogen (secondary N) is 1. The van der Waals surface area contributed by atoms with Crippen molar-refractivity contribution in [1.82, 2.24) is 19.6 Å². The molecular formula is C23H16F2N5OPS. The van der Waals surface area contributed by atoms with Gasteiger partial charge >= 0.3 is 0 Å². The molecule has 4 aromatic heterocycles. The van der Waals surface area contributed by atoms with Gasteiger partial charge in [0.05, 0.1) is 11.1 Å². The van der Waals surface area contributed by atoms with E-state index < -0.39 is 5.66 Å². The number of carbonyl (C=O) groups is 1. The molecule has 5 rings (SSSR count). The Morgan fingerprint density at radius 3 is 2.61 bits per heavy atom. The highest BCUT2D eigenvalue weighted by Gasteiger charge is 2.24. The highest BCUT2D eigenvalue weighted by molar-refractivity contribution is 7.17. The van der Waals surface area contributed by atoms with Crippen molar-refractivity contribution >= 4 is 37.8 Å². The summed E-state index contributed by atoms with van der Waals surface area (Å²) in [6, 6.07) is 11.0. The maximum absolute atomic E-state index is 13.3. The van der Waals surface area contributed by atoms with Gasteiger partial charge in [-0.05, 0) is 35.2 Å². The number of benzene rings is 1. The van der Waals surface area contributed by atoms with E-state index in [-0.39, 0.29) is 11.5 Å². The molecule has 1 atom stereocenters. The number of rotatable bonds is 5. The van der Waals surface area contributed by atoms with Crippen LogP contribution in [0.3, 0.4) is 0 Å². The van der Waals surface area contributed by atoms with Gasteiger partial charge in [0.2, 0.25) is 0 Å². The molecule has 0 aliphatic rings. The van der Waals surface area contributed by atoms with Crippen molar-refractivity contribution in [3.8, 4) is 22.3 Å². The molecule has 6 nitrogen and oxygen atoms in total. The van der Waals surface area contributed by atoms with Crippen molar-refractivity contribution in [3.05, 3.63) is 89.3 Å². The molecule has 4 heterocycles. The Kier molecular flexibility index (Phi) is 5.44. The molecule has 0 spiro atoms. The normalized spacial score (nSPS) is 11.6. The third-order valence-electron chi connectivity index (χ3n) is 5.01. The summed E-state index contributed by atoms with van der Waals surface area (Å²) in [5.41, 5.74) is 1.40. The largest absolute Gasteiger partial charge is 0.321 e. The molecule has 1 unspecified atom stereocenters. The third-order valence-corrected chi connectivity index (χ3v) is 6.28. The maximum atomic E-state index is 13.3. The number of pyridine rings is 1. The van der Waals surface area contributed by atoms with Crippen LogP contribution >= 0.6 is 20.6 Å². The van der Waals surface area contributed by atoms with Gasteiger partial charge in [0, 0.05) is 52.7 Å². The SMILES string of the molecule is O=C(Nc1ccc(C(F)(F)P)cc1)c1cc(-c2cnn3cc(-c4cccnc4)cnc23)cs1. The predicted octanol–water partition coefficient (Wildman–Crippen LogP) is 5.70. The summed E-state index contributed by atoms with van der Waals surface area (Å²) in [6.07, 6.45) is 8.83. The van der Waals surface area contributed by atoms with Gasteiger partial charge in [-0.15, -0.1) is 11.3 Å². The first-order valence-corrected chi connectivity index (χ1v) is 11.3. The number of aromatic nitrogens is 4. The maximum Gasteiger partial charge on any atom is 0.283 e. The fourth-order valence-electron chi connectivity index (χ4n) is 3.33. The Labute approximate surface area is 193 Å². The second kappa shape index (κ2) is 8.42. The number of anilines is 1. The van der Waals surface area contributed by atoms with E-state index in [1.54, 1.807) is 35.4 Å². The zero-order chi connectivity index (χ0) is 23.0. The molecular weight excluding hydrogens is 463 g/mol. The molecule has 1 amide bonds. The first-order chi connectivity index (χ1) is 15.9. The summed E-state index contributed by atoms with van der Waals surface area (Å²) in [7, 11) is 1.50. The second-order valence-electron chi connectivity index (χ2n) is 7.26. The van der Waals surface area contributed by atoms with Crippen LogP contribution in [0.1, 0.15) is 15.2 Å². The first-order valence-electron chi connectivity index (χ1n) is 9.80. The van der Waals surface area contributed by atoms with Crippen molar-refractivity contribution in [2.24, 2.45) is 0 Å². The lowest BCUT2D eigenvalue weighted by atomic mass is 10.1. The van der Waals surface area contributed by atoms with Gasteiger partial charge in [-0.1, -0.05) is 27.4 Å². The number of carbonyl (C=O) groups excluding carboxylic acids is 1. The standard InChI is InChI=1S/C23H16F2N5OPS/c24-23(25,32)17-3-5-18(6-4-17)29-22(31)20-8-15(13-33-20)19-11-28-30-12-16(10-27-21(19)30)14-2-1-7-26-9-14/h1-13H,32H2,(H,29,31). The number of hydrogen-bond acceptors (Lipinski definition) is 5. The van der Waals surface area contributed by atoms with Gasteiger partial charge in [0.25, 0.3) is 11.6 Å². The Bertz CT molecular complexity index is 1450. The van der Waals surface area contributed by atoms with Crippen LogP contribution in [0.4, 0.5) is 14.5 Å². The molecule has 0 radical (unpaired) electrons. The van der Waals surface area contributed by atoms with Crippen LogP contribution in [-0.4, -0.2) is 25.5 Å². The van der Waals surface area contributed by atoms with E-state index in [0.29, 0.717) is 16.2 Å². The molecule has 0 saturated heterocycles. The number of hydrogen-bond donors (Lipinski definition) is 1. The average Bonchev–Trinajstić information content (AvgIpc) is 3.46. The molecule has 0 aliphatic heterocycles. The minimum absolute atomic E-state index is 0.142. The van der Waals surface area contributed by atoms with Crippen LogP contribution in [-0.2, 0) is 5.66 Å². The number of alkyl halides is 2. The fourth-order valence-corrected chi connectivity index (χ4v) is 4.32. The predicted molar refractivity (Wildman–Crippen MR) is 128 cm³/mol. The number of halogens is 2. The van der Waals surface area contributed by atoms with Crippen LogP contribution in [0.5, 0.6) is 0 Å². The Morgan fingerprint density at radius 2 is 1.88 bits per heavy atom. The molecule has 0 aliphatic carbocycles. The number of fused-ring (bicyclic) bond motifs is 1. The topological polar surface area (TPSA) is 72.2 Å². The van der Waals surface area contributed by atoms with Gasteiger partial charge in [0.15, 0.2) is 5.65 Å². The highest BCUT2D eigenvalue weighted by Crippen LogP contribution is 2.35. The number of thiophene rings is 1. The van der Waals surface area contributed by atoms with Gasteiger partial charge in [-0.2, -0.15) is 13.9 Å². The molecule has 164 valence electrons. The lowest BCUT2D eigenvalue weighted by Gasteiger charge is -2.11.